The van der Waals surface area contributed by atoms with Crippen molar-refractivity contribution in [2.45, 2.75) is 62.0 Å². The standard InChI is InChI=1S/C22H24F3NO2S/c23-22(24,25)28-18-9-5-10-19(14-18)29-15-17-8-4-11-20(26-17)21(27)13-12-16-6-2-1-3-7-16/h4-5,8-11,14,16H,1-3,6-7,12-13,15H2. The van der Waals surface area contributed by atoms with Crippen molar-refractivity contribution < 1.29 is 22.7 Å². The molecule has 1 fully saturated rings. The minimum Gasteiger partial charge on any atom is -0.406 e. The van der Waals surface area contributed by atoms with Gasteiger partial charge in [-0.1, -0.05) is 44.2 Å². The number of carbonyl (C=O) groups is 1. The number of Topliss-reactive ketones (excluding diaryl/α,β-unsaturated/α-hetero) is 1. The van der Waals surface area contributed by atoms with Crippen LogP contribution in [0.2, 0.25) is 0 Å². The molecule has 3 nitrogen and oxygen atoms in total. The van der Waals surface area contributed by atoms with Crippen LogP contribution in [-0.2, 0) is 5.75 Å². The molecule has 29 heavy (non-hydrogen) atoms. The van der Waals surface area contributed by atoms with E-state index in [2.05, 4.69) is 9.72 Å². The minimum atomic E-state index is -4.71. The maximum absolute atomic E-state index is 12.5. The fourth-order valence-electron chi connectivity index (χ4n) is 3.57. The second kappa shape index (κ2) is 10.1. The van der Waals surface area contributed by atoms with Crippen molar-refractivity contribution in [3.63, 3.8) is 0 Å². The van der Waals surface area contributed by atoms with Crippen LogP contribution in [0.15, 0.2) is 47.4 Å². The summed E-state index contributed by atoms with van der Waals surface area (Å²) >= 11 is 1.35. The lowest BCUT2D eigenvalue weighted by Gasteiger charge is -2.20. The van der Waals surface area contributed by atoms with E-state index in [4.69, 9.17) is 0 Å². The molecule has 0 atom stereocenters. The van der Waals surface area contributed by atoms with Crippen LogP contribution in [-0.4, -0.2) is 17.1 Å². The van der Waals surface area contributed by atoms with Gasteiger partial charge in [0.05, 0.1) is 5.69 Å². The van der Waals surface area contributed by atoms with Gasteiger partial charge in [-0.25, -0.2) is 4.98 Å². The first kappa shape index (κ1) is 21.7. The van der Waals surface area contributed by atoms with Crippen LogP contribution < -0.4 is 4.74 Å². The Morgan fingerprint density at radius 3 is 2.62 bits per heavy atom. The molecular formula is C22H24F3NO2S. The van der Waals surface area contributed by atoms with Crippen molar-refractivity contribution in [3.05, 3.63) is 53.9 Å². The van der Waals surface area contributed by atoms with Crippen LogP contribution in [0.25, 0.3) is 0 Å². The number of nitrogens with zero attached hydrogens (tertiary/aromatic N) is 1. The topological polar surface area (TPSA) is 39.2 Å². The Kier molecular flexibility index (Phi) is 7.58. The minimum absolute atomic E-state index is 0.0583. The Morgan fingerprint density at radius 1 is 1.10 bits per heavy atom. The Labute approximate surface area is 173 Å². The third kappa shape index (κ3) is 7.38. The summed E-state index contributed by atoms with van der Waals surface area (Å²) in [4.78, 5) is 17.6. The van der Waals surface area contributed by atoms with Gasteiger partial charge in [0.15, 0.2) is 5.78 Å². The van der Waals surface area contributed by atoms with Crippen LogP contribution >= 0.6 is 11.8 Å². The monoisotopic (exact) mass is 423 g/mol. The summed E-state index contributed by atoms with van der Waals surface area (Å²) in [5.74, 6) is 0.918. The van der Waals surface area contributed by atoms with Gasteiger partial charge in [-0.3, -0.25) is 4.79 Å². The molecule has 3 rings (SSSR count). The van der Waals surface area contributed by atoms with Gasteiger partial charge >= 0.3 is 6.36 Å². The fourth-order valence-corrected chi connectivity index (χ4v) is 4.42. The van der Waals surface area contributed by atoms with Crippen LogP contribution in [0.5, 0.6) is 5.75 Å². The number of ether oxygens (including phenoxy) is 1. The van der Waals surface area contributed by atoms with E-state index in [1.807, 2.05) is 6.07 Å². The van der Waals surface area contributed by atoms with E-state index in [0.717, 1.165) is 12.1 Å². The maximum Gasteiger partial charge on any atom is 0.573 e. The van der Waals surface area contributed by atoms with Gasteiger partial charge in [-0.2, -0.15) is 0 Å². The summed E-state index contributed by atoms with van der Waals surface area (Å²) in [7, 11) is 0. The Hall–Kier alpha value is -2.02. The molecule has 0 amide bonds. The van der Waals surface area contributed by atoms with Crippen molar-refractivity contribution >= 4 is 17.5 Å². The molecule has 156 valence electrons. The third-order valence-electron chi connectivity index (χ3n) is 5.02. The number of halogens is 3. The average Bonchev–Trinajstić information content (AvgIpc) is 2.70. The van der Waals surface area contributed by atoms with E-state index >= 15 is 0 Å². The van der Waals surface area contributed by atoms with Gasteiger partial charge < -0.3 is 4.74 Å². The Bertz CT molecular complexity index is 820. The number of rotatable bonds is 8. The van der Waals surface area contributed by atoms with Crippen molar-refractivity contribution in [1.29, 1.82) is 0 Å². The van der Waals surface area contributed by atoms with Crippen molar-refractivity contribution in [1.82, 2.24) is 4.98 Å². The van der Waals surface area contributed by atoms with Gasteiger partial charge in [-0.05, 0) is 42.7 Å². The van der Waals surface area contributed by atoms with Crippen LogP contribution in [0.3, 0.4) is 0 Å². The average molecular weight is 424 g/mol. The Morgan fingerprint density at radius 2 is 1.86 bits per heavy atom. The van der Waals surface area contributed by atoms with Gasteiger partial charge in [0.2, 0.25) is 0 Å². The van der Waals surface area contributed by atoms with Crippen molar-refractivity contribution in [3.8, 4) is 5.75 Å². The molecule has 0 aliphatic heterocycles. The van der Waals surface area contributed by atoms with Crippen molar-refractivity contribution in [2.24, 2.45) is 5.92 Å². The predicted molar refractivity (Wildman–Crippen MR) is 107 cm³/mol. The number of thioether (sulfide) groups is 1. The van der Waals surface area contributed by atoms with E-state index in [1.165, 1.54) is 62.1 Å². The summed E-state index contributed by atoms with van der Waals surface area (Å²) in [6, 6.07) is 11.2. The molecule has 0 radical (unpaired) electrons. The summed E-state index contributed by atoms with van der Waals surface area (Å²) in [5, 5.41) is 0. The second-order valence-corrected chi connectivity index (χ2v) is 8.34. The van der Waals surface area contributed by atoms with Gasteiger partial charge in [0, 0.05) is 17.1 Å². The van der Waals surface area contributed by atoms with Crippen LogP contribution in [0.4, 0.5) is 13.2 Å². The van der Waals surface area contributed by atoms with E-state index < -0.39 is 6.36 Å². The molecule has 0 unspecified atom stereocenters. The lowest BCUT2D eigenvalue weighted by Crippen LogP contribution is -2.17. The molecule has 1 saturated carbocycles. The van der Waals surface area contributed by atoms with Crippen LogP contribution in [0.1, 0.15) is 61.1 Å². The molecule has 1 aliphatic rings. The zero-order valence-corrected chi connectivity index (χ0v) is 16.9. The quantitative estimate of drug-likeness (QED) is 0.345. The van der Waals surface area contributed by atoms with E-state index in [0.29, 0.717) is 28.7 Å². The number of hydrogen-bond donors (Lipinski definition) is 0. The molecule has 1 aromatic carbocycles. The van der Waals surface area contributed by atoms with E-state index in [9.17, 15) is 18.0 Å². The number of benzene rings is 1. The summed E-state index contributed by atoms with van der Waals surface area (Å²) in [6.45, 7) is 0. The molecule has 0 spiro atoms. The lowest BCUT2D eigenvalue weighted by atomic mass is 9.85. The first-order valence-electron chi connectivity index (χ1n) is 9.87. The highest BCUT2D eigenvalue weighted by Crippen LogP contribution is 2.30. The van der Waals surface area contributed by atoms with Gasteiger partial charge in [0.1, 0.15) is 11.4 Å². The number of ketones is 1. The highest BCUT2D eigenvalue weighted by molar-refractivity contribution is 7.98. The Balaban J connectivity index is 1.54. The summed E-state index contributed by atoms with van der Waals surface area (Å²) in [6.07, 6.45) is 2.99. The van der Waals surface area contributed by atoms with E-state index in [-0.39, 0.29) is 11.5 Å². The zero-order valence-electron chi connectivity index (χ0n) is 16.1. The number of aromatic nitrogens is 1. The SMILES string of the molecule is O=C(CCC1CCCCC1)c1cccc(CSc2cccc(OC(F)(F)F)c2)n1. The molecular weight excluding hydrogens is 399 g/mol. The van der Waals surface area contributed by atoms with Crippen LogP contribution in [0, 0.1) is 5.92 Å². The lowest BCUT2D eigenvalue weighted by molar-refractivity contribution is -0.274. The zero-order chi connectivity index (χ0) is 20.7. The largest absolute Gasteiger partial charge is 0.573 e. The fraction of sp³-hybridized carbons (Fsp3) is 0.455. The molecule has 0 bridgehead atoms. The van der Waals surface area contributed by atoms with Gasteiger partial charge in [0.25, 0.3) is 0 Å². The number of pyridine rings is 1. The molecule has 0 N–H and O–H groups in total. The van der Waals surface area contributed by atoms with Gasteiger partial charge in [-0.15, -0.1) is 24.9 Å². The molecule has 1 heterocycles. The second-order valence-electron chi connectivity index (χ2n) is 7.29. The smallest absolute Gasteiger partial charge is 0.406 e. The number of carbonyl (C=O) groups excluding carboxylic acids is 1. The molecule has 2 aromatic rings. The predicted octanol–water partition coefficient (Wildman–Crippen LogP) is 6.82. The molecule has 0 saturated heterocycles. The molecule has 1 aliphatic carbocycles. The highest BCUT2D eigenvalue weighted by atomic mass is 32.2. The van der Waals surface area contributed by atoms with E-state index in [1.54, 1.807) is 18.2 Å². The maximum atomic E-state index is 12.5. The number of alkyl halides is 3. The molecule has 1 aromatic heterocycles. The highest BCUT2D eigenvalue weighted by Gasteiger charge is 2.31. The van der Waals surface area contributed by atoms with Crippen molar-refractivity contribution in [2.75, 3.05) is 0 Å². The third-order valence-corrected chi connectivity index (χ3v) is 6.05. The number of hydrogen-bond acceptors (Lipinski definition) is 4. The first-order valence-corrected chi connectivity index (χ1v) is 10.9. The summed E-state index contributed by atoms with van der Waals surface area (Å²) < 4.78 is 41.0. The molecule has 7 heteroatoms. The first-order chi connectivity index (χ1) is 13.9. The normalized spacial score (nSPS) is 15.3. The summed E-state index contributed by atoms with van der Waals surface area (Å²) in [5.41, 5.74) is 1.19.